The minimum Gasteiger partial charge on any atom is -0.487 e. The zero-order chi connectivity index (χ0) is 16.8. The normalized spacial score (nSPS) is 10.4. The summed E-state index contributed by atoms with van der Waals surface area (Å²) in [6.07, 6.45) is 5.26. The van der Waals surface area contributed by atoms with Gasteiger partial charge in [0.05, 0.1) is 11.4 Å². The summed E-state index contributed by atoms with van der Waals surface area (Å²) in [6.45, 7) is 0.374. The SMILES string of the molecule is O=C(Cc1ccn[nH]1)Nc1ccc(OCc2cccnc2)c(Cl)c1. The van der Waals surface area contributed by atoms with Gasteiger partial charge in [-0.1, -0.05) is 17.7 Å². The Morgan fingerprint density at radius 3 is 2.88 bits per heavy atom. The number of anilines is 1. The van der Waals surface area contributed by atoms with Crippen molar-refractivity contribution in [1.82, 2.24) is 15.2 Å². The molecule has 24 heavy (non-hydrogen) atoms. The van der Waals surface area contributed by atoms with Crippen molar-refractivity contribution < 1.29 is 9.53 Å². The van der Waals surface area contributed by atoms with Crippen molar-refractivity contribution in [2.24, 2.45) is 0 Å². The molecule has 1 aromatic carbocycles. The lowest BCUT2D eigenvalue weighted by atomic mass is 10.2. The van der Waals surface area contributed by atoms with Crippen LogP contribution < -0.4 is 10.1 Å². The largest absolute Gasteiger partial charge is 0.487 e. The molecule has 0 unspecified atom stereocenters. The van der Waals surface area contributed by atoms with Crippen molar-refractivity contribution in [1.29, 1.82) is 0 Å². The lowest BCUT2D eigenvalue weighted by Gasteiger charge is -2.10. The number of pyridine rings is 1. The number of carbonyl (C=O) groups excluding carboxylic acids is 1. The number of ether oxygens (including phenoxy) is 1. The van der Waals surface area contributed by atoms with Crippen LogP contribution in [-0.4, -0.2) is 21.1 Å². The first-order chi connectivity index (χ1) is 11.7. The number of rotatable bonds is 6. The molecular weight excluding hydrogens is 328 g/mol. The van der Waals surface area contributed by atoms with E-state index in [4.69, 9.17) is 16.3 Å². The van der Waals surface area contributed by atoms with Crippen LogP contribution in [0.15, 0.2) is 55.0 Å². The van der Waals surface area contributed by atoms with E-state index in [9.17, 15) is 4.79 Å². The lowest BCUT2D eigenvalue weighted by Crippen LogP contribution is -2.14. The summed E-state index contributed by atoms with van der Waals surface area (Å²) in [4.78, 5) is 16.0. The Balaban J connectivity index is 1.58. The molecule has 6 nitrogen and oxygen atoms in total. The lowest BCUT2D eigenvalue weighted by molar-refractivity contribution is -0.115. The Hall–Kier alpha value is -2.86. The number of benzene rings is 1. The number of hydrogen-bond donors (Lipinski definition) is 2. The van der Waals surface area contributed by atoms with Gasteiger partial charge in [-0.2, -0.15) is 5.10 Å². The minimum atomic E-state index is -0.153. The smallest absolute Gasteiger partial charge is 0.230 e. The number of hydrogen-bond acceptors (Lipinski definition) is 4. The van der Waals surface area contributed by atoms with Gasteiger partial charge in [0.25, 0.3) is 0 Å². The molecule has 0 radical (unpaired) electrons. The van der Waals surface area contributed by atoms with Crippen molar-refractivity contribution in [2.45, 2.75) is 13.0 Å². The predicted octanol–water partition coefficient (Wildman–Crippen LogP) is 3.22. The highest BCUT2D eigenvalue weighted by Crippen LogP contribution is 2.28. The molecule has 122 valence electrons. The Kier molecular flexibility index (Phi) is 5.08. The molecule has 0 saturated carbocycles. The molecule has 0 aliphatic heterocycles. The number of nitrogens with one attached hydrogen (secondary N) is 2. The number of amides is 1. The summed E-state index contributed by atoms with van der Waals surface area (Å²) in [7, 11) is 0. The molecule has 0 saturated heterocycles. The van der Waals surface area contributed by atoms with Crippen molar-refractivity contribution >= 4 is 23.2 Å². The van der Waals surface area contributed by atoms with E-state index in [0.29, 0.717) is 23.1 Å². The summed E-state index contributed by atoms with van der Waals surface area (Å²) >= 11 is 6.21. The van der Waals surface area contributed by atoms with E-state index >= 15 is 0 Å². The van der Waals surface area contributed by atoms with Gasteiger partial charge in [0, 0.05) is 35.5 Å². The maximum atomic E-state index is 11.9. The van der Waals surface area contributed by atoms with Crippen LogP contribution in [0.5, 0.6) is 5.75 Å². The van der Waals surface area contributed by atoms with Crippen molar-refractivity contribution in [3.05, 3.63) is 71.3 Å². The zero-order valence-corrected chi connectivity index (χ0v) is 13.5. The monoisotopic (exact) mass is 342 g/mol. The van der Waals surface area contributed by atoms with Crippen LogP contribution in [0.4, 0.5) is 5.69 Å². The van der Waals surface area contributed by atoms with Crippen LogP contribution in [0.25, 0.3) is 0 Å². The van der Waals surface area contributed by atoms with Crippen molar-refractivity contribution in [3.63, 3.8) is 0 Å². The molecule has 0 bridgehead atoms. The third-order valence-electron chi connectivity index (χ3n) is 3.24. The summed E-state index contributed by atoms with van der Waals surface area (Å²) in [5.74, 6) is 0.395. The Bertz CT molecular complexity index is 807. The van der Waals surface area contributed by atoms with Gasteiger partial charge >= 0.3 is 0 Å². The molecular formula is C17H15ClN4O2. The van der Waals surface area contributed by atoms with E-state index in [1.807, 2.05) is 12.1 Å². The average molecular weight is 343 g/mol. The molecule has 0 fully saturated rings. The van der Waals surface area contributed by atoms with Gasteiger partial charge in [0.1, 0.15) is 12.4 Å². The molecule has 2 aromatic heterocycles. The number of nitrogens with zero attached hydrogens (tertiary/aromatic N) is 2. The number of halogens is 1. The third kappa shape index (κ3) is 4.33. The van der Waals surface area contributed by atoms with Crippen molar-refractivity contribution in [3.8, 4) is 5.75 Å². The van der Waals surface area contributed by atoms with Gasteiger partial charge in [-0.25, -0.2) is 0 Å². The molecule has 0 atom stereocenters. The molecule has 3 aromatic rings. The summed E-state index contributed by atoms with van der Waals surface area (Å²) in [5.41, 5.74) is 2.30. The molecule has 0 aliphatic rings. The fourth-order valence-corrected chi connectivity index (χ4v) is 2.34. The fraction of sp³-hybridized carbons (Fsp3) is 0.118. The third-order valence-corrected chi connectivity index (χ3v) is 3.54. The van der Waals surface area contributed by atoms with Gasteiger partial charge in [-0.05, 0) is 30.3 Å². The second-order valence-electron chi connectivity index (χ2n) is 5.10. The van der Waals surface area contributed by atoms with Gasteiger partial charge < -0.3 is 10.1 Å². The first-order valence-electron chi connectivity index (χ1n) is 7.30. The minimum absolute atomic E-state index is 0.153. The molecule has 3 rings (SSSR count). The van der Waals surface area contributed by atoms with Crippen LogP contribution in [0.2, 0.25) is 5.02 Å². The molecule has 0 spiro atoms. The Morgan fingerprint density at radius 1 is 1.25 bits per heavy atom. The Labute approximate surface area is 143 Å². The summed E-state index contributed by atoms with van der Waals surface area (Å²) in [5, 5.41) is 9.77. The van der Waals surface area contributed by atoms with Gasteiger partial charge in [-0.3, -0.25) is 14.9 Å². The molecule has 0 aliphatic carbocycles. The van der Waals surface area contributed by atoms with E-state index in [1.165, 1.54) is 0 Å². The van der Waals surface area contributed by atoms with E-state index in [2.05, 4.69) is 20.5 Å². The van der Waals surface area contributed by atoms with E-state index in [1.54, 1.807) is 42.9 Å². The average Bonchev–Trinajstić information content (AvgIpc) is 3.08. The number of aromatic nitrogens is 3. The molecule has 2 heterocycles. The Morgan fingerprint density at radius 2 is 2.17 bits per heavy atom. The topological polar surface area (TPSA) is 79.9 Å². The van der Waals surface area contributed by atoms with Crippen LogP contribution in [-0.2, 0) is 17.8 Å². The molecule has 2 N–H and O–H groups in total. The quantitative estimate of drug-likeness (QED) is 0.720. The van der Waals surface area contributed by atoms with Gasteiger partial charge in [0.2, 0.25) is 5.91 Å². The van der Waals surface area contributed by atoms with Crippen LogP contribution in [0.3, 0.4) is 0 Å². The van der Waals surface area contributed by atoms with Crippen LogP contribution >= 0.6 is 11.6 Å². The highest BCUT2D eigenvalue weighted by Gasteiger charge is 2.08. The zero-order valence-electron chi connectivity index (χ0n) is 12.7. The number of carbonyl (C=O) groups is 1. The summed E-state index contributed by atoms with van der Waals surface area (Å²) in [6, 6.07) is 10.6. The first-order valence-corrected chi connectivity index (χ1v) is 7.68. The predicted molar refractivity (Wildman–Crippen MR) is 90.9 cm³/mol. The molecule has 1 amide bonds. The number of H-pyrrole nitrogens is 1. The van der Waals surface area contributed by atoms with E-state index < -0.39 is 0 Å². The second-order valence-corrected chi connectivity index (χ2v) is 5.51. The standard InChI is InChI=1S/C17H15ClN4O2/c18-15-8-13(21-17(23)9-14-5-7-20-22-14)3-4-16(15)24-11-12-2-1-6-19-10-12/h1-8,10H,9,11H2,(H,20,22)(H,21,23). The van der Waals surface area contributed by atoms with Crippen molar-refractivity contribution in [2.75, 3.05) is 5.32 Å². The van der Waals surface area contributed by atoms with E-state index in [-0.39, 0.29) is 12.3 Å². The van der Waals surface area contributed by atoms with Crippen LogP contribution in [0.1, 0.15) is 11.3 Å². The highest BCUT2D eigenvalue weighted by molar-refractivity contribution is 6.32. The van der Waals surface area contributed by atoms with Gasteiger partial charge in [-0.15, -0.1) is 0 Å². The maximum Gasteiger partial charge on any atom is 0.230 e. The second kappa shape index (κ2) is 7.61. The van der Waals surface area contributed by atoms with Gasteiger partial charge in [0.15, 0.2) is 0 Å². The molecule has 7 heteroatoms. The fourth-order valence-electron chi connectivity index (χ4n) is 2.10. The first kappa shape index (κ1) is 16.0. The summed E-state index contributed by atoms with van der Waals surface area (Å²) < 4.78 is 5.67. The maximum absolute atomic E-state index is 11.9. The van der Waals surface area contributed by atoms with Crippen LogP contribution in [0, 0.1) is 0 Å². The number of aromatic amines is 1. The van der Waals surface area contributed by atoms with E-state index in [0.717, 1.165) is 11.3 Å². The highest BCUT2D eigenvalue weighted by atomic mass is 35.5.